The Morgan fingerprint density at radius 2 is 1.74 bits per heavy atom. The van der Waals surface area contributed by atoms with Crippen LogP contribution in [0.4, 0.5) is 20.4 Å². The SMILES string of the molecule is COc1ccc(CNC(=O)c2cnc(Nc3ccc(F)c(F)c3)nc2)cc1. The molecule has 0 saturated heterocycles. The maximum absolute atomic E-state index is 13.2. The monoisotopic (exact) mass is 370 g/mol. The molecular formula is C19H16F2N4O2. The highest BCUT2D eigenvalue weighted by molar-refractivity contribution is 5.93. The zero-order valence-electron chi connectivity index (χ0n) is 14.4. The second-order valence-corrected chi connectivity index (χ2v) is 5.58. The van der Waals surface area contributed by atoms with E-state index in [0.717, 1.165) is 23.4 Å². The van der Waals surface area contributed by atoms with E-state index in [0.29, 0.717) is 12.2 Å². The van der Waals surface area contributed by atoms with Crippen LogP contribution in [0.25, 0.3) is 0 Å². The number of nitrogens with zero attached hydrogens (tertiary/aromatic N) is 2. The highest BCUT2D eigenvalue weighted by atomic mass is 19.2. The van der Waals surface area contributed by atoms with Gasteiger partial charge in [0.2, 0.25) is 5.95 Å². The molecule has 2 aromatic carbocycles. The molecule has 0 aliphatic carbocycles. The fraction of sp³-hybridized carbons (Fsp3) is 0.105. The van der Waals surface area contributed by atoms with Gasteiger partial charge >= 0.3 is 0 Å². The van der Waals surface area contributed by atoms with Crippen LogP contribution in [0.5, 0.6) is 5.75 Å². The van der Waals surface area contributed by atoms with Crippen molar-refractivity contribution in [3.63, 3.8) is 0 Å². The fourth-order valence-electron chi connectivity index (χ4n) is 2.24. The number of amides is 1. The van der Waals surface area contributed by atoms with Crippen molar-refractivity contribution >= 4 is 17.5 Å². The average molecular weight is 370 g/mol. The molecule has 0 aliphatic heterocycles. The van der Waals surface area contributed by atoms with E-state index in [1.165, 1.54) is 18.5 Å². The average Bonchev–Trinajstić information content (AvgIpc) is 2.70. The Labute approximate surface area is 154 Å². The van der Waals surface area contributed by atoms with Gasteiger partial charge in [-0.2, -0.15) is 0 Å². The molecule has 3 aromatic rings. The zero-order chi connectivity index (χ0) is 19.2. The van der Waals surface area contributed by atoms with Crippen molar-refractivity contribution in [1.82, 2.24) is 15.3 Å². The third-order valence-electron chi connectivity index (χ3n) is 3.70. The van der Waals surface area contributed by atoms with E-state index < -0.39 is 11.6 Å². The summed E-state index contributed by atoms with van der Waals surface area (Å²) in [6, 6.07) is 10.7. The van der Waals surface area contributed by atoms with E-state index >= 15 is 0 Å². The molecule has 1 amide bonds. The molecule has 0 bridgehead atoms. The van der Waals surface area contributed by atoms with Crippen molar-refractivity contribution in [3.05, 3.63) is 77.6 Å². The summed E-state index contributed by atoms with van der Waals surface area (Å²) in [5.41, 5.74) is 1.49. The lowest BCUT2D eigenvalue weighted by Crippen LogP contribution is -2.23. The summed E-state index contributed by atoms with van der Waals surface area (Å²) in [5.74, 6) is -1.35. The van der Waals surface area contributed by atoms with Crippen molar-refractivity contribution in [1.29, 1.82) is 0 Å². The Kier molecular flexibility index (Phi) is 5.55. The van der Waals surface area contributed by atoms with Gasteiger partial charge in [-0.05, 0) is 29.8 Å². The predicted molar refractivity (Wildman–Crippen MR) is 95.8 cm³/mol. The van der Waals surface area contributed by atoms with Gasteiger partial charge in [0, 0.05) is 30.7 Å². The number of aromatic nitrogens is 2. The van der Waals surface area contributed by atoms with Gasteiger partial charge < -0.3 is 15.4 Å². The minimum atomic E-state index is -0.977. The van der Waals surface area contributed by atoms with Crippen molar-refractivity contribution in [3.8, 4) is 5.75 Å². The number of rotatable bonds is 6. The Balaban J connectivity index is 1.58. The van der Waals surface area contributed by atoms with E-state index in [1.807, 2.05) is 24.3 Å². The van der Waals surface area contributed by atoms with Gasteiger partial charge in [0.15, 0.2) is 11.6 Å². The normalized spacial score (nSPS) is 10.3. The first-order chi connectivity index (χ1) is 13.0. The first-order valence-corrected chi connectivity index (χ1v) is 8.00. The third kappa shape index (κ3) is 4.75. The number of methoxy groups -OCH3 is 1. The molecule has 0 fully saturated rings. The summed E-state index contributed by atoms with van der Waals surface area (Å²) in [4.78, 5) is 20.2. The van der Waals surface area contributed by atoms with Crippen LogP contribution in [0, 0.1) is 11.6 Å². The van der Waals surface area contributed by atoms with Crippen molar-refractivity contribution in [2.45, 2.75) is 6.54 Å². The van der Waals surface area contributed by atoms with Crippen LogP contribution in [-0.4, -0.2) is 23.0 Å². The molecule has 0 saturated carbocycles. The minimum Gasteiger partial charge on any atom is -0.497 e. The number of ether oxygens (including phenoxy) is 1. The molecule has 8 heteroatoms. The Bertz CT molecular complexity index is 931. The van der Waals surface area contributed by atoms with Crippen molar-refractivity contribution < 1.29 is 18.3 Å². The van der Waals surface area contributed by atoms with E-state index in [1.54, 1.807) is 7.11 Å². The van der Waals surface area contributed by atoms with Crippen LogP contribution in [-0.2, 0) is 6.54 Å². The number of hydrogen-bond donors (Lipinski definition) is 2. The number of nitrogens with one attached hydrogen (secondary N) is 2. The Morgan fingerprint density at radius 1 is 1.04 bits per heavy atom. The van der Waals surface area contributed by atoms with Gasteiger partial charge in [-0.3, -0.25) is 4.79 Å². The van der Waals surface area contributed by atoms with Gasteiger partial charge in [-0.15, -0.1) is 0 Å². The standard InChI is InChI=1S/C19H16F2N4O2/c1-27-15-5-2-12(3-6-15)9-22-18(26)13-10-23-19(24-11-13)25-14-4-7-16(20)17(21)8-14/h2-8,10-11H,9H2,1H3,(H,22,26)(H,23,24,25). The fourth-order valence-corrected chi connectivity index (χ4v) is 2.24. The highest BCUT2D eigenvalue weighted by Crippen LogP contribution is 2.16. The molecule has 0 atom stereocenters. The lowest BCUT2D eigenvalue weighted by atomic mass is 10.2. The summed E-state index contributed by atoms with van der Waals surface area (Å²) in [5, 5.41) is 5.50. The van der Waals surface area contributed by atoms with Crippen LogP contribution in [0.3, 0.4) is 0 Å². The maximum Gasteiger partial charge on any atom is 0.254 e. The molecule has 27 heavy (non-hydrogen) atoms. The number of anilines is 2. The van der Waals surface area contributed by atoms with Crippen LogP contribution in [0.1, 0.15) is 15.9 Å². The first-order valence-electron chi connectivity index (χ1n) is 8.00. The molecule has 138 valence electrons. The van der Waals surface area contributed by atoms with Gasteiger partial charge in [0.1, 0.15) is 5.75 Å². The second-order valence-electron chi connectivity index (χ2n) is 5.58. The summed E-state index contributed by atoms with van der Waals surface area (Å²) in [6.45, 7) is 0.345. The molecule has 6 nitrogen and oxygen atoms in total. The van der Waals surface area contributed by atoms with E-state index in [-0.39, 0.29) is 17.4 Å². The lowest BCUT2D eigenvalue weighted by Gasteiger charge is -2.08. The quantitative estimate of drug-likeness (QED) is 0.695. The molecule has 0 radical (unpaired) electrons. The molecule has 1 aromatic heterocycles. The first kappa shape index (κ1) is 18.2. The number of benzene rings is 2. The van der Waals surface area contributed by atoms with Gasteiger partial charge in [-0.1, -0.05) is 12.1 Å². The predicted octanol–water partition coefficient (Wildman–Crippen LogP) is 3.44. The smallest absolute Gasteiger partial charge is 0.254 e. The minimum absolute atomic E-state index is 0.160. The maximum atomic E-state index is 13.2. The van der Waals surface area contributed by atoms with Crippen LogP contribution in [0.2, 0.25) is 0 Å². The summed E-state index contributed by atoms with van der Waals surface area (Å²) >= 11 is 0. The molecule has 0 spiro atoms. The Hall–Kier alpha value is -3.55. The molecule has 0 aliphatic rings. The largest absolute Gasteiger partial charge is 0.497 e. The number of carbonyl (C=O) groups excluding carboxylic acids is 1. The molecule has 0 unspecified atom stereocenters. The third-order valence-corrected chi connectivity index (χ3v) is 3.70. The summed E-state index contributed by atoms with van der Waals surface area (Å²) in [7, 11) is 1.59. The second kappa shape index (κ2) is 8.22. The number of halogens is 2. The van der Waals surface area contributed by atoms with Gasteiger partial charge in [0.05, 0.1) is 12.7 Å². The Morgan fingerprint density at radius 3 is 2.37 bits per heavy atom. The van der Waals surface area contributed by atoms with E-state index in [4.69, 9.17) is 4.74 Å². The topological polar surface area (TPSA) is 76.1 Å². The zero-order valence-corrected chi connectivity index (χ0v) is 14.4. The molecule has 2 N–H and O–H groups in total. The molecule has 3 rings (SSSR count). The van der Waals surface area contributed by atoms with Crippen molar-refractivity contribution in [2.24, 2.45) is 0 Å². The summed E-state index contributed by atoms with van der Waals surface area (Å²) in [6.07, 6.45) is 2.69. The highest BCUT2D eigenvalue weighted by Gasteiger charge is 2.08. The van der Waals surface area contributed by atoms with E-state index in [9.17, 15) is 13.6 Å². The molecular weight excluding hydrogens is 354 g/mol. The van der Waals surface area contributed by atoms with Gasteiger partial charge in [-0.25, -0.2) is 18.7 Å². The number of hydrogen-bond acceptors (Lipinski definition) is 5. The van der Waals surface area contributed by atoms with Crippen LogP contribution >= 0.6 is 0 Å². The van der Waals surface area contributed by atoms with Crippen molar-refractivity contribution in [2.75, 3.05) is 12.4 Å². The van der Waals surface area contributed by atoms with Crippen LogP contribution < -0.4 is 15.4 Å². The van der Waals surface area contributed by atoms with E-state index in [2.05, 4.69) is 20.6 Å². The van der Waals surface area contributed by atoms with Crippen LogP contribution in [0.15, 0.2) is 54.9 Å². The molecule has 1 heterocycles. The summed E-state index contributed by atoms with van der Waals surface area (Å²) < 4.78 is 31.2. The lowest BCUT2D eigenvalue weighted by molar-refractivity contribution is 0.0950. The number of carbonyl (C=O) groups is 1. The van der Waals surface area contributed by atoms with Gasteiger partial charge in [0.25, 0.3) is 5.91 Å².